The van der Waals surface area contributed by atoms with E-state index in [1.54, 1.807) is 24.3 Å². The molecule has 1 aromatic carbocycles. The molecule has 0 saturated carbocycles. The quantitative estimate of drug-likeness (QED) is 0.477. The molecule has 194 valence electrons. The number of fused-ring (bicyclic) bond motifs is 1. The van der Waals surface area contributed by atoms with Crippen molar-refractivity contribution in [3.8, 4) is 11.6 Å². The fourth-order valence-corrected chi connectivity index (χ4v) is 5.31. The van der Waals surface area contributed by atoms with Crippen molar-refractivity contribution in [1.82, 2.24) is 23.8 Å². The highest BCUT2D eigenvalue weighted by molar-refractivity contribution is 7.88. The lowest BCUT2D eigenvalue weighted by atomic mass is 10.3. The maximum absolute atomic E-state index is 14.2. The number of halogens is 2. The number of hydrogen-bond donors (Lipinski definition) is 0. The molecule has 2 saturated heterocycles. The van der Waals surface area contributed by atoms with Gasteiger partial charge in [-0.3, -0.25) is 4.57 Å². The highest BCUT2D eigenvalue weighted by atomic mass is 32.2. The maximum atomic E-state index is 14.2. The van der Waals surface area contributed by atoms with Crippen molar-refractivity contribution in [3.05, 3.63) is 30.1 Å². The summed E-state index contributed by atoms with van der Waals surface area (Å²) in [5.41, 5.74) is 0.745. The molecule has 0 amide bonds. The molecule has 2 aromatic heterocycles. The van der Waals surface area contributed by atoms with Crippen molar-refractivity contribution >= 4 is 32.8 Å². The van der Waals surface area contributed by atoms with Gasteiger partial charge in [-0.2, -0.15) is 14.3 Å². The number of rotatable bonds is 6. The molecule has 0 bridgehead atoms. The number of alkyl halides is 2. The second-order valence-electron chi connectivity index (χ2n) is 8.57. The van der Waals surface area contributed by atoms with Crippen molar-refractivity contribution in [3.63, 3.8) is 0 Å². The number of hydrogen-bond acceptors (Lipinski definition) is 9. The SMILES string of the molecule is COc1cccc2c1nc(C(F)F)n2-c1cc(N2CCN(S(C)(=O)=O)CC2)nc(N2CCOCC2)n1. The number of imidazole rings is 1. The molecule has 11 nitrogen and oxygen atoms in total. The predicted octanol–water partition coefficient (Wildman–Crippen LogP) is 1.68. The van der Waals surface area contributed by atoms with Crippen molar-refractivity contribution < 1.29 is 26.7 Å². The Morgan fingerprint density at radius 2 is 1.67 bits per heavy atom. The van der Waals surface area contributed by atoms with Gasteiger partial charge in [0.1, 0.15) is 22.9 Å². The largest absolute Gasteiger partial charge is 0.494 e. The van der Waals surface area contributed by atoms with Gasteiger partial charge in [-0.05, 0) is 12.1 Å². The van der Waals surface area contributed by atoms with E-state index in [2.05, 4.69) is 9.97 Å². The van der Waals surface area contributed by atoms with E-state index in [1.807, 2.05) is 9.80 Å². The lowest BCUT2D eigenvalue weighted by molar-refractivity contribution is 0.122. The fourth-order valence-electron chi connectivity index (χ4n) is 4.48. The van der Waals surface area contributed by atoms with E-state index < -0.39 is 22.3 Å². The minimum absolute atomic E-state index is 0.248. The Morgan fingerprint density at radius 3 is 2.31 bits per heavy atom. The zero-order valence-electron chi connectivity index (χ0n) is 20.0. The molecule has 14 heteroatoms. The van der Waals surface area contributed by atoms with Gasteiger partial charge in [-0.15, -0.1) is 0 Å². The van der Waals surface area contributed by atoms with Gasteiger partial charge in [0.2, 0.25) is 16.0 Å². The van der Waals surface area contributed by atoms with Crippen molar-refractivity contribution in [2.75, 3.05) is 75.6 Å². The highest BCUT2D eigenvalue weighted by Crippen LogP contribution is 2.33. The molecule has 0 unspecified atom stereocenters. The smallest absolute Gasteiger partial charge is 0.296 e. The van der Waals surface area contributed by atoms with Crippen LogP contribution in [0.3, 0.4) is 0 Å². The van der Waals surface area contributed by atoms with Crippen LogP contribution in [0.25, 0.3) is 16.9 Å². The second kappa shape index (κ2) is 9.75. The zero-order valence-corrected chi connectivity index (χ0v) is 20.8. The summed E-state index contributed by atoms with van der Waals surface area (Å²) in [5, 5.41) is 0. The fraction of sp³-hybridized carbons (Fsp3) is 0.500. The van der Waals surface area contributed by atoms with Gasteiger partial charge in [0, 0.05) is 45.3 Å². The van der Waals surface area contributed by atoms with Crippen LogP contribution in [0.4, 0.5) is 20.5 Å². The van der Waals surface area contributed by atoms with Crippen molar-refractivity contribution in [1.29, 1.82) is 0 Å². The number of nitrogens with zero attached hydrogens (tertiary/aromatic N) is 7. The predicted molar refractivity (Wildman–Crippen MR) is 130 cm³/mol. The summed E-state index contributed by atoms with van der Waals surface area (Å²) in [6.45, 7) is 3.55. The summed E-state index contributed by atoms with van der Waals surface area (Å²) in [7, 11) is -1.84. The van der Waals surface area contributed by atoms with Crippen LogP contribution < -0.4 is 14.5 Å². The average Bonchev–Trinajstić information content (AvgIpc) is 3.29. The van der Waals surface area contributed by atoms with Gasteiger partial charge >= 0.3 is 0 Å². The first-order chi connectivity index (χ1) is 17.3. The first-order valence-electron chi connectivity index (χ1n) is 11.5. The van der Waals surface area contributed by atoms with Crippen LogP contribution in [0, 0.1) is 0 Å². The molecule has 2 fully saturated rings. The third kappa shape index (κ3) is 4.67. The maximum Gasteiger partial charge on any atom is 0.296 e. The topological polar surface area (TPSA) is 106 Å². The Kier molecular flexibility index (Phi) is 6.66. The molecule has 0 atom stereocenters. The number of methoxy groups -OCH3 is 1. The first-order valence-corrected chi connectivity index (χ1v) is 13.4. The van der Waals surface area contributed by atoms with Crippen molar-refractivity contribution in [2.45, 2.75) is 6.43 Å². The van der Waals surface area contributed by atoms with E-state index in [4.69, 9.17) is 14.5 Å². The summed E-state index contributed by atoms with van der Waals surface area (Å²) in [4.78, 5) is 17.5. The van der Waals surface area contributed by atoms with Crippen LogP contribution in [0.15, 0.2) is 24.3 Å². The van der Waals surface area contributed by atoms with Gasteiger partial charge < -0.3 is 19.3 Å². The molecule has 2 aliphatic rings. The van der Waals surface area contributed by atoms with Crippen LogP contribution in [0.1, 0.15) is 12.2 Å². The molecule has 0 N–H and O–H groups in total. The molecule has 0 radical (unpaired) electrons. The van der Waals surface area contributed by atoms with Crippen molar-refractivity contribution in [2.24, 2.45) is 0 Å². The van der Waals surface area contributed by atoms with E-state index >= 15 is 0 Å². The molecule has 0 spiro atoms. The summed E-state index contributed by atoms with van der Waals surface area (Å²) in [6, 6.07) is 6.72. The highest BCUT2D eigenvalue weighted by Gasteiger charge is 2.28. The van der Waals surface area contributed by atoms with Crippen LogP contribution >= 0.6 is 0 Å². The molecule has 3 aromatic rings. The van der Waals surface area contributed by atoms with Gasteiger partial charge in [0.15, 0.2) is 5.82 Å². The lowest BCUT2D eigenvalue weighted by Crippen LogP contribution is -2.48. The standard InChI is InChI=1S/C22H27F2N7O4S/c1-34-16-5-3-4-15-19(16)27-21(20(23)24)31(15)18-14-17(25-22(26-18)29-10-12-35-13-11-29)28-6-8-30(9-7-28)36(2,32)33/h3-5,14,20H,6-13H2,1-2H3. The number of benzene rings is 1. The molecule has 36 heavy (non-hydrogen) atoms. The normalized spacial score (nSPS) is 17.8. The Labute approximate surface area is 207 Å². The van der Waals surface area contributed by atoms with Gasteiger partial charge in [0.05, 0.1) is 32.1 Å². The summed E-state index contributed by atoms with van der Waals surface area (Å²) < 4.78 is 65.8. The number of anilines is 2. The lowest BCUT2D eigenvalue weighted by Gasteiger charge is -2.35. The number of aromatic nitrogens is 4. The van der Waals surface area contributed by atoms with Crippen LogP contribution in [0.5, 0.6) is 5.75 Å². The van der Waals surface area contributed by atoms with E-state index in [-0.39, 0.29) is 5.82 Å². The number of piperazine rings is 1. The van der Waals surface area contributed by atoms with E-state index in [9.17, 15) is 17.2 Å². The van der Waals surface area contributed by atoms with Crippen LogP contribution in [-0.4, -0.2) is 98.1 Å². The molecular formula is C22H27F2N7O4S. The summed E-state index contributed by atoms with van der Waals surface area (Å²) in [5.74, 6) is 1.10. The Balaban J connectivity index is 1.63. The van der Waals surface area contributed by atoms with Gasteiger partial charge in [0.25, 0.3) is 6.43 Å². The Morgan fingerprint density at radius 1 is 0.972 bits per heavy atom. The van der Waals surface area contributed by atoms with Gasteiger partial charge in [-0.25, -0.2) is 22.2 Å². The van der Waals surface area contributed by atoms with Gasteiger partial charge in [-0.1, -0.05) is 6.07 Å². The molecule has 5 rings (SSSR count). The molecule has 0 aliphatic carbocycles. The second-order valence-corrected chi connectivity index (χ2v) is 10.5. The number of morpholine rings is 1. The van der Waals surface area contributed by atoms with Crippen LogP contribution in [-0.2, 0) is 14.8 Å². The zero-order chi connectivity index (χ0) is 25.4. The number of sulfonamides is 1. The van der Waals surface area contributed by atoms with Crippen LogP contribution in [0.2, 0.25) is 0 Å². The van der Waals surface area contributed by atoms with E-state index in [0.29, 0.717) is 81.0 Å². The molecule has 2 aliphatic heterocycles. The first kappa shape index (κ1) is 24.6. The summed E-state index contributed by atoms with van der Waals surface area (Å²) in [6.07, 6.45) is -1.67. The van der Waals surface area contributed by atoms with E-state index in [1.165, 1.54) is 22.2 Å². The average molecular weight is 524 g/mol. The third-order valence-corrected chi connectivity index (χ3v) is 7.63. The third-order valence-electron chi connectivity index (χ3n) is 6.33. The molecular weight excluding hydrogens is 496 g/mol. The monoisotopic (exact) mass is 523 g/mol. The Hall–Kier alpha value is -3.10. The summed E-state index contributed by atoms with van der Waals surface area (Å²) >= 11 is 0. The minimum atomic E-state index is -3.30. The van der Waals surface area contributed by atoms with E-state index in [0.717, 1.165) is 0 Å². The molecule has 4 heterocycles. The Bertz CT molecular complexity index is 1350. The number of para-hydroxylation sites is 1. The minimum Gasteiger partial charge on any atom is -0.494 e. The number of ether oxygens (including phenoxy) is 2.